The van der Waals surface area contributed by atoms with E-state index in [0.29, 0.717) is 0 Å². The Bertz CT molecular complexity index is 144. The van der Waals surface area contributed by atoms with E-state index in [1.165, 1.54) is 6.42 Å². The minimum atomic E-state index is 0.0407. The molecule has 0 aromatic carbocycles. The first-order valence-corrected chi connectivity index (χ1v) is 4.92. The van der Waals surface area contributed by atoms with Gasteiger partial charge in [-0.1, -0.05) is 13.8 Å². The molecule has 1 nitrogen and oxygen atoms in total. The van der Waals surface area contributed by atoms with Gasteiger partial charge in [-0.15, -0.1) is 0 Å². The summed E-state index contributed by atoms with van der Waals surface area (Å²) in [6, 6.07) is 0. The molecular weight excluding hydrogens is 166 g/mol. The van der Waals surface area contributed by atoms with Gasteiger partial charge < -0.3 is 0 Å². The van der Waals surface area contributed by atoms with Crippen molar-refractivity contribution in [2.45, 2.75) is 57.2 Å². The Balaban J connectivity index is 3.64. The summed E-state index contributed by atoms with van der Waals surface area (Å²) in [6.07, 6.45) is 3.40. The lowest BCUT2D eigenvalue weighted by Crippen LogP contribution is -2.18. The molecule has 0 amide bonds. The van der Waals surface area contributed by atoms with Crippen molar-refractivity contribution in [2.24, 2.45) is 4.99 Å². The molecule has 0 heterocycles. The lowest BCUT2D eigenvalue weighted by molar-refractivity contribution is 0.440. The fourth-order valence-corrected chi connectivity index (χ4v) is 1.19. The van der Waals surface area contributed by atoms with Crippen molar-refractivity contribution in [1.82, 2.24) is 0 Å². The molecule has 0 aromatic heterocycles. The SMILES string of the molecule is C=NC(C)(C)CCCC(C)(C)S. The highest BCUT2D eigenvalue weighted by atomic mass is 32.1. The summed E-state index contributed by atoms with van der Waals surface area (Å²) in [7, 11) is 0. The molecule has 0 radical (unpaired) electrons. The zero-order chi connectivity index (χ0) is 9.83. The highest BCUT2D eigenvalue weighted by Gasteiger charge is 2.17. The second-order valence-corrected chi connectivity index (χ2v) is 5.85. The number of aliphatic imine (C=N–C) groups is 1. The third-order valence-corrected chi connectivity index (χ3v) is 2.23. The van der Waals surface area contributed by atoms with Gasteiger partial charge in [0.05, 0.1) is 5.54 Å². The van der Waals surface area contributed by atoms with E-state index in [1.54, 1.807) is 0 Å². The van der Waals surface area contributed by atoms with Crippen LogP contribution in [-0.4, -0.2) is 17.0 Å². The van der Waals surface area contributed by atoms with Gasteiger partial charge in [0.25, 0.3) is 0 Å². The van der Waals surface area contributed by atoms with Gasteiger partial charge in [0, 0.05) is 4.75 Å². The maximum absolute atomic E-state index is 4.47. The Labute approximate surface area is 82.1 Å². The normalized spacial score (nSPS) is 13.1. The maximum atomic E-state index is 4.47. The molecule has 0 spiro atoms. The molecule has 0 rings (SSSR count). The number of rotatable bonds is 5. The van der Waals surface area contributed by atoms with Gasteiger partial charge >= 0.3 is 0 Å². The first-order valence-electron chi connectivity index (χ1n) is 4.47. The fraction of sp³-hybridized carbons (Fsp3) is 0.900. The van der Waals surface area contributed by atoms with Crippen molar-refractivity contribution in [2.75, 3.05) is 0 Å². The van der Waals surface area contributed by atoms with Crippen LogP contribution < -0.4 is 0 Å². The largest absolute Gasteiger partial charge is 0.295 e. The Hall–Kier alpha value is 0.0200. The summed E-state index contributed by atoms with van der Waals surface area (Å²) >= 11 is 4.47. The zero-order valence-electron chi connectivity index (χ0n) is 8.72. The van der Waals surface area contributed by atoms with E-state index in [0.717, 1.165) is 12.8 Å². The zero-order valence-corrected chi connectivity index (χ0v) is 9.62. The van der Waals surface area contributed by atoms with E-state index in [-0.39, 0.29) is 10.3 Å². The molecule has 12 heavy (non-hydrogen) atoms. The van der Waals surface area contributed by atoms with E-state index in [4.69, 9.17) is 0 Å². The van der Waals surface area contributed by atoms with E-state index in [2.05, 4.69) is 52.0 Å². The summed E-state index contributed by atoms with van der Waals surface area (Å²) in [5, 5.41) is 0. The smallest absolute Gasteiger partial charge is 0.0545 e. The summed E-state index contributed by atoms with van der Waals surface area (Å²) in [5.41, 5.74) is 0.0407. The minimum absolute atomic E-state index is 0.0407. The Morgan fingerprint density at radius 2 is 1.67 bits per heavy atom. The summed E-state index contributed by atoms with van der Waals surface area (Å²) in [5.74, 6) is 0. The van der Waals surface area contributed by atoms with Gasteiger partial charge in [-0.05, 0) is 39.8 Å². The van der Waals surface area contributed by atoms with Crippen LogP contribution in [0.2, 0.25) is 0 Å². The lowest BCUT2D eigenvalue weighted by Gasteiger charge is -2.22. The van der Waals surface area contributed by atoms with Crippen molar-refractivity contribution in [1.29, 1.82) is 0 Å². The topological polar surface area (TPSA) is 12.4 Å². The second kappa shape index (κ2) is 4.31. The van der Waals surface area contributed by atoms with E-state index < -0.39 is 0 Å². The van der Waals surface area contributed by atoms with Crippen LogP contribution in [0.5, 0.6) is 0 Å². The molecule has 0 aliphatic carbocycles. The first-order chi connectivity index (χ1) is 5.27. The molecule has 0 aliphatic rings. The van der Waals surface area contributed by atoms with Crippen molar-refractivity contribution in [3.8, 4) is 0 Å². The molecule has 0 atom stereocenters. The van der Waals surface area contributed by atoms with Crippen LogP contribution in [0.4, 0.5) is 0 Å². The molecule has 0 bridgehead atoms. The van der Waals surface area contributed by atoms with Crippen LogP contribution in [0, 0.1) is 0 Å². The second-order valence-electron chi connectivity index (χ2n) is 4.64. The van der Waals surface area contributed by atoms with E-state index in [1.807, 2.05) is 0 Å². The van der Waals surface area contributed by atoms with Crippen LogP contribution >= 0.6 is 12.6 Å². The summed E-state index contributed by atoms with van der Waals surface area (Å²) in [6.45, 7) is 12.1. The van der Waals surface area contributed by atoms with Gasteiger partial charge in [-0.3, -0.25) is 4.99 Å². The Morgan fingerprint density at radius 3 is 2.00 bits per heavy atom. The number of hydrogen-bond acceptors (Lipinski definition) is 2. The Kier molecular flexibility index (Phi) is 4.32. The van der Waals surface area contributed by atoms with Gasteiger partial charge in [0.2, 0.25) is 0 Å². The van der Waals surface area contributed by atoms with Crippen LogP contribution in [0.25, 0.3) is 0 Å². The lowest BCUT2D eigenvalue weighted by atomic mass is 9.95. The van der Waals surface area contributed by atoms with Gasteiger partial charge in [-0.2, -0.15) is 12.6 Å². The molecule has 0 N–H and O–H groups in total. The number of thiol groups is 1. The number of nitrogens with zero attached hydrogens (tertiary/aromatic N) is 1. The average molecular weight is 187 g/mol. The van der Waals surface area contributed by atoms with Crippen LogP contribution in [0.1, 0.15) is 47.0 Å². The fourth-order valence-electron chi connectivity index (χ4n) is 1.03. The highest BCUT2D eigenvalue weighted by molar-refractivity contribution is 7.81. The van der Waals surface area contributed by atoms with Gasteiger partial charge in [0.1, 0.15) is 0 Å². The summed E-state index contributed by atoms with van der Waals surface area (Å²) in [4.78, 5) is 4.07. The summed E-state index contributed by atoms with van der Waals surface area (Å²) < 4.78 is 0.150. The third-order valence-electron chi connectivity index (χ3n) is 2.01. The van der Waals surface area contributed by atoms with Crippen molar-refractivity contribution in [3.05, 3.63) is 0 Å². The first kappa shape index (κ1) is 12.0. The van der Waals surface area contributed by atoms with Crippen molar-refractivity contribution >= 4 is 19.3 Å². The molecule has 0 aromatic rings. The molecule has 0 unspecified atom stereocenters. The van der Waals surface area contributed by atoms with Gasteiger partial charge in [-0.25, -0.2) is 0 Å². The van der Waals surface area contributed by atoms with Gasteiger partial charge in [0.15, 0.2) is 0 Å². The highest BCUT2D eigenvalue weighted by Crippen LogP contribution is 2.24. The third kappa shape index (κ3) is 6.71. The van der Waals surface area contributed by atoms with Crippen LogP contribution in [-0.2, 0) is 0 Å². The monoisotopic (exact) mass is 187 g/mol. The maximum Gasteiger partial charge on any atom is 0.0545 e. The minimum Gasteiger partial charge on any atom is -0.295 e. The Morgan fingerprint density at radius 1 is 1.17 bits per heavy atom. The molecular formula is C10H21NS. The molecule has 72 valence electrons. The average Bonchev–Trinajstić information content (AvgIpc) is 1.84. The number of hydrogen-bond donors (Lipinski definition) is 1. The van der Waals surface area contributed by atoms with Crippen LogP contribution in [0.3, 0.4) is 0 Å². The van der Waals surface area contributed by atoms with Crippen molar-refractivity contribution in [3.63, 3.8) is 0 Å². The van der Waals surface area contributed by atoms with Crippen LogP contribution in [0.15, 0.2) is 4.99 Å². The predicted molar refractivity (Wildman–Crippen MR) is 60.5 cm³/mol. The standard InChI is InChI=1S/C10H21NS/c1-9(2,11-5)7-6-8-10(3,4)12/h12H,5-8H2,1-4H3. The molecule has 0 fully saturated rings. The quantitative estimate of drug-likeness (QED) is 0.500. The van der Waals surface area contributed by atoms with Crippen molar-refractivity contribution < 1.29 is 0 Å². The van der Waals surface area contributed by atoms with E-state index >= 15 is 0 Å². The molecule has 2 heteroatoms. The molecule has 0 aliphatic heterocycles. The molecule has 0 saturated heterocycles. The van der Waals surface area contributed by atoms with E-state index in [9.17, 15) is 0 Å². The predicted octanol–water partition coefficient (Wildman–Crippen LogP) is 3.34. The molecule has 0 saturated carbocycles.